The van der Waals surface area contributed by atoms with Crippen molar-refractivity contribution in [3.05, 3.63) is 17.7 Å². The maximum absolute atomic E-state index is 11.3. The summed E-state index contributed by atoms with van der Waals surface area (Å²) >= 11 is 0. The predicted molar refractivity (Wildman–Crippen MR) is 60.2 cm³/mol. The van der Waals surface area contributed by atoms with Crippen LogP contribution in [-0.2, 0) is 17.8 Å². The van der Waals surface area contributed by atoms with E-state index in [4.69, 9.17) is 4.74 Å². The van der Waals surface area contributed by atoms with Gasteiger partial charge in [-0.1, -0.05) is 0 Å². The van der Waals surface area contributed by atoms with Crippen molar-refractivity contribution in [3.63, 3.8) is 0 Å². The third kappa shape index (κ3) is 2.57. The summed E-state index contributed by atoms with van der Waals surface area (Å²) in [7, 11) is 0. The highest BCUT2D eigenvalue weighted by Crippen LogP contribution is 2.07. The second-order valence-corrected chi connectivity index (χ2v) is 3.13. The Hall–Kier alpha value is -0.880. The maximum Gasteiger partial charge on any atom is 0.358 e. The van der Waals surface area contributed by atoms with E-state index in [1.165, 1.54) is 0 Å². The Balaban J connectivity index is 0.00000112. The number of esters is 1. The van der Waals surface area contributed by atoms with E-state index >= 15 is 0 Å². The van der Waals surface area contributed by atoms with E-state index in [0.717, 1.165) is 25.5 Å². The molecule has 84 valence electrons. The van der Waals surface area contributed by atoms with E-state index in [1.807, 2.05) is 4.57 Å². The number of carbonyl (C=O) groups is 1. The third-order valence-corrected chi connectivity index (χ3v) is 2.16. The molecule has 0 unspecified atom stereocenters. The van der Waals surface area contributed by atoms with Crippen LogP contribution in [0.15, 0.2) is 6.20 Å². The number of halogens is 1. The predicted octanol–water partition coefficient (Wildman–Crippen LogP) is 0.741. The molecule has 0 amide bonds. The van der Waals surface area contributed by atoms with Crippen molar-refractivity contribution < 1.29 is 9.53 Å². The van der Waals surface area contributed by atoms with Crippen LogP contribution in [0.1, 0.15) is 23.2 Å². The van der Waals surface area contributed by atoms with E-state index in [2.05, 4.69) is 10.3 Å². The Morgan fingerprint density at radius 1 is 1.73 bits per heavy atom. The largest absolute Gasteiger partial charge is 0.461 e. The smallest absolute Gasteiger partial charge is 0.358 e. The first-order chi connectivity index (χ1) is 6.81. The molecule has 0 radical (unpaired) electrons. The molecule has 1 aromatic rings. The average molecular weight is 276 g/mol. The van der Waals surface area contributed by atoms with Gasteiger partial charge in [-0.3, -0.25) is 0 Å². The summed E-state index contributed by atoms with van der Waals surface area (Å²) in [6, 6.07) is 0. The van der Waals surface area contributed by atoms with Gasteiger partial charge in [0.15, 0.2) is 5.69 Å². The van der Waals surface area contributed by atoms with Gasteiger partial charge in [-0.05, 0) is 6.92 Å². The van der Waals surface area contributed by atoms with Gasteiger partial charge >= 0.3 is 5.97 Å². The minimum absolute atomic E-state index is 0. The second kappa shape index (κ2) is 5.27. The molecule has 0 bridgehead atoms. The van der Waals surface area contributed by atoms with E-state index in [9.17, 15) is 4.79 Å². The number of fused-ring (bicyclic) bond motifs is 1. The summed E-state index contributed by atoms with van der Waals surface area (Å²) in [4.78, 5) is 15.5. The fourth-order valence-corrected chi connectivity index (χ4v) is 1.49. The van der Waals surface area contributed by atoms with Crippen molar-refractivity contribution in [2.75, 3.05) is 13.2 Å². The van der Waals surface area contributed by atoms with Crippen molar-refractivity contribution in [1.82, 2.24) is 14.9 Å². The number of rotatable bonds is 2. The van der Waals surface area contributed by atoms with Gasteiger partial charge < -0.3 is 14.6 Å². The number of ether oxygens (including phenoxy) is 1. The fourth-order valence-electron chi connectivity index (χ4n) is 1.49. The number of carbonyl (C=O) groups excluding carboxylic acids is 1. The molecule has 0 aromatic carbocycles. The zero-order valence-electron chi connectivity index (χ0n) is 8.52. The van der Waals surface area contributed by atoms with Crippen molar-refractivity contribution in [1.29, 1.82) is 0 Å². The minimum atomic E-state index is -0.339. The number of nitrogens with zero attached hydrogens (tertiary/aromatic N) is 2. The average Bonchev–Trinajstić information content (AvgIpc) is 2.61. The van der Waals surface area contributed by atoms with Gasteiger partial charge in [0.2, 0.25) is 0 Å². The molecule has 0 fully saturated rings. The Bertz CT molecular complexity index is 328. The Morgan fingerprint density at radius 2 is 2.53 bits per heavy atom. The molecule has 6 heteroatoms. The summed E-state index contributed by atoms with van der Waals surface area (Å²) in [5, 5.41) is 3.19. The molecule has 0 spiro atoms. The van der Waals surface area contributed by atoms with Crippen molar-refractivity contribution >= 4 is 23.0 Å². The number of hydrogen-bond acceptors (Lipinski definition) is 4. The molecule has 2 heterocycles. The lowest BCUT2D eigenvalue weighted by atomic mass is 10.4. The van der Waals surface area contributed by atoms with Crippen molar-refractivity contribution in [2.24, 2.45) is 0 Å². The standard InChI is InChI=1S/C9H13N3O2.BrH/c1-2-14-9(13)7-6-12-4-3-10-5-8(12)11-7;/h6,10H,2-5H2,1H3;1H. The van der Waals surface area contributed by atoms with Crippen LogP contribution in [-0.4, -0.2) is 28.7 Å². The highest BCUT2D eigenvalue weighted by atomic mass is 79.9. The Morgan fingerprint density at radius 3 is 3.20 bits per heavy atom. The highest BCUT2D eigenvalue weighted by Gasteiger charge is 2.16. The fraction of sp³-hybridized carbons (Fsp3) is 0.556. The van der Waals surface area contributed by atoms with Crippen LogP contribution in [0.25, 0.3) is 0 Å². The lowest BCUT2D eigenvalue weighted by Gasteiger charge is -2.13. The van der Waals surface area contributed by atoms with Gasteiger partial charge in [0, 0.05) is 19.3 Å². The third-order valence-electron chi connectivity index (χ3n) is 2.16. The zero-order valence-corrected chi connectivity index (χ0v) is 10.2. The quantitative estimate of drug-likeness (QED) is 0.809. The van der Waals surface area contributed by atoms with E-state index in [1.54, 1.807) is 13.1 Å². The lowest BCUT2D eigenvalue weighted by molar-refractivity contribution is 0.0520. The van der Waals surface area contributed by atoms with Crippen molar-refractivity contribution in [2.45, 2.75) is 20.0 Å². The van der Waals surface area contributed by atoms with Gasteiger partial charge in [0.25, 0.3) is 0 Å². The van der Waals surface area contributed by atoms with E-state index in [-0.39, 0.29) is 23.0 Å². The summed E-state index contributed by atoms with van der Waals surface area (Å²) in [5.74, 6) is 0.564. The van der Waals surface area contributed by atoms with Crippen LogP contribution in [0.5, 0.6) is 0 Å². The van der Waals surface area contributed by atoms with Crippen LogP contribution in [0.4, 0.5) is 0 Å². The van der Waals surface area contributed by atoms with Crippen LogP contribution in [0.2, 0.25) is 0 Å². The molecule has 1 N–H and O–H groups in total. The maximum atomic E-state index is 11.3. The number of aromatic nitrogens is 2. The Kier molecular flexibility index (Phi) is 4.28. The van der Waals surface area contributed by atoms with Crippen molar-refractivity contribution in [3.8, 4) is 0 Å². The summed E-state index contributed by atoms with van der Waals surface area (Å²) in [5.41, 5.74) is 0.408. The second-order valence-electron chi connectivity index (χ2n) is 3.13. The molecule has 0 atom stereocenters. The van der Waals surface area contributed by atoms with E-state index in [0.29, 0.717) is 12.3 Å². The molecule has 0 saturated carbocycles. The zero-order chi connectivity index (χ0) is 9.97. The number of nitrogens with one attached hydrogen (secondary N) is 1. The molecule has 2 rings (SSSR count). The molecule has 1 aliphatic heterocycles. The Labute approximate surface area is 98.6 Å². The molecule has 15 heavy (non-hydrogen) atoms. The monoisotopic (exact) mass is 275 g/mol. The van der Waals surface area contributed by atoms with Gasteiger partial charge in [0.1, 0.15) is 5.82 Å². The number of hydrogen-bond donors (Lipinski definition) is 1. The SMILES string of the molecule is Br.CCOC(=O)c1cn2c(n1)CNCC2. The first-order valence-corrected chi connectivity index (χ1v) is 4.75. The summed E-state index contributed by atoms with van der Waals surface area (Å²) < 4.78 is 6.86. The van der Waals surface area contributed by atoms with Gasteiger partial charge in [-0.2, -0.15) is 0 Å². The highest BCUT2D eigenvalue weighted by molar-refractivity contribution is 8.93. The van der Waals surface area contributed by atoms with Crippen LogP contribution < -0.4 is 5.32 Å². The van der Waals surface area contributed by atoms with Crippen LogP contribution in [0.3, 0.4) is 0 Å². The van der Waals surface area contributed by atoms with Crippen LogP contribution in [0, 0.1) is 0 Å². The topological polar surface area (TPSA) is 56.2 Å². The van der Waals surface area contributed by atoms with Crippen LogP contribution >= 0.6 is 17.0 Å². The number of imidazole rings is 1. The lowest BCUT2D eigenvalue weighted by Crippen LogP contribution is -2.27. The minimum Gasteiger partial charge on any atom is -0.461 e. The molecule has 5 nitrogen and oxygen atoms in total. The normalized spacial score (nSPS) is 13.9. The van der Waals surface area contributed by atoms with Gasteiger partial charge in [-0.15, -0.1) is 17.0 Å². The first-order valence-electron chi connectivity index (χ1n) is 4.75. The summed E-state index contributed by atoms with van der Waals surface area (Å²) in [6.45, 7) is 4.68. The van der Waals surface area contributed by atoms with E-state index < -0.39 is 0 Å². The molecule has 0 saturated heterocycles. The first kappa shape index (κ1) is 12.2. The van der Waals surface area contributed by atoms with Gasteiger partial charge in [-0.25, -0.2) is 9.78 Å². The molecule has 1 aromatic heterocycles. The molecular formula is C9H14BrN3O2. The molecular weight excluding hydrogens is 262 g/mol. The summed E-state index contributed by atoms with van der Waals surface area (Å²) in [6.07, 6.45) is 1.76. The van der Waals surface area contributed by atoms with Gasteiger partial charge in [0.05, 0.1) is 13.2 Å². The molecule has 0 aliphatic carbocycles. The molecule has 1 aliphatic rings.